The highest BCUT2D eigenvalue weighted by atomic mass is 16.3. The average molecular weight is 424 g/mol. The number of rotatable bonds is 4. The summed E-state index contributed by atoms with van der Waals surface area (Å²) in [6.07, 6.45) is 0. The summed E-state index contributed by atoms with van der Waals surface area (Å²) < 4.78 is 5.61. The maximum Gasteiger partial charge on any atom is 0.253 e. The maximum atomic E-state index is 12.9. The van der Waals surface area contributed by atoms with Gasteiger partial charge in [0, 0.05) is 48.7 Å². The molecular formula is C23H24N2O6. The molecule has 1 aliphatic heterocycles. The van der Waals surface area contributed by atoms with Crippen LogP contribution < -0.4 is 0 Å². The molecule has 0 radical (unpaired) electrons. The van der Waals surface area contributed by atoms with Gasteiger partial charge in [0.25, 0.3) is 5.91 Å². The minimum atomic E-state index is -0.696. The average Bonchev–Trinajstić information content (AvgIpc) is 3.19. The second-order valence-electron chi connectivity index (χ2n) is 7.98. The smallest absolute Gasteiger partial charge is 0.253 e. The molecule has 1 aliphatic rings. The Morgan fingerprint density at radius 3 is 2.16 bits per heavy atom. The Kier molecular flexibility index (Phi) is 5.32. The lowest BCUT2D eigenvalue weighted by atomic mass is 10.1. The molecule has 0 unspecified atom stereocenters. The van der Waals surface area contributed by atoms with Crippen molar-refractivity contribution in [3.63, 3.8) is 0 Å². The third-order valence-electron chi connectivity index (χ3n) is 5.65. The number of amides is 1. The van der Waals surface area contributed by atoms with E-state index in [0.29, 0.717) is 35.7 Å². The molecular weight excluding hydrogens is 400 g/mol. The number of fused-ring (bicyclic) bond motifs is 1. The van der Waals surface area contributed by atoms with E-state index in [0.717, 1.165) is 25.2 Å². The molecule has 0 aliphatic carbocycles. The molecule has 3 N–H and O–H groups in total. The third-order valence-corrected chi connectivity index (χ3v) is 5.65. The molecule has 1 saturated heterocycles. The van der Waals surface area contributed by atoms with E-state index in [4.69, 9.17) is 4.42 Å². The van der Waals surface area contributed by atoms with Gasteiger partial charge in [0.15, 0.2) is 23.0 Å². The molecule has 1 amide bonds. The highest BCUT2D eigenvalue weighted by Crippen LogP contribution is 2.36. The van der Waals surface area contributed by atoms with Crippen molar-refractivity contribution in [3.05, 3.63) is 53.3 Å². The predicted octanol–water partition coefficient (Wildman–Crippen LogP) is 2.95. The number of ketones is 1. The Balaban J connectivity index is 1.56. The number of hydrogen-bond donors (Lipinski definition) is 3. The van der Waals surface area contributed by atoms with E-state index in [9.17, 15) is 24.9 Å². The molecule has 3 aromatic rings. The normalized spacial score (nSPS) is 15.0. The monoisotopic (exact) mass is 424 g/mol. The van der Waals surface area contributed by atoms with Crippen LogP contribution in [0, 0.1) is 0 Å². The third kappa shape index (κ3) is 3.94. The van der Waals surface area contributed by atoms with Crippen molar-refractivity contribution >= 4 is 22.7 Å². The summed E-state index contributed by atoms with van der Waals surface area (Å²) in [7, 11) is 0. The van der Waals surface area contributed by atoms with Crippen LogP contribution in [0.25, 0.3) is 11.0 Å². The van der Waals surface area contributed by atoms with Gasteiger partial charge in [0.2, 0.25) is 5.78 Å². The highest BCUT2D eigenvalue weighted by Gasteiger charge is 2.24. The van der Waals surface area contributed by atoms with Gasteiger partial charge in [-0.2, -0.15) is 0 Å². The van der Waals surface area contributed by atoms with Gasteiger partial charge in [0.05, 0.1) is 0 Å². The van der Waals surface area contributed by atoms with Crippen molar-refractivity contribution in [1.29, 1.82) is 0 Å². The fourth-order valence-corrected chi connectivity index (χ4v) is 3.79. The summed E-state index contributed by atoms with van der Waals surface area (Å²) in [5.74, 6) is -2.55. The second-order valence-corrected chi connectivity index (χ2v) is 7.98. The molecule has 2 heterocycles. The molecule has 4 rings (SSSR count). The van der Waals surface area contributed by atoms with Crippen LogP contribution in [0.2, 0.25) is 0 Å². The van der Waals surface area contributed by atoms with Crippen LogP contribution in [0.4, 0.5) is 0 Å². The summed E-state index contributed by atoms with van der Waals surface area (Å²) in [6.45, 7) is 7.29. The standard InChI is InChI=1S/C23H24N2O6/c1-13(2)24-5-7-25(8-6-24)23(30)14-3-4-19-15(9-14)12-20(31-19)21(28)16-10-17(26)22(29)18(27)11-16/h3-4,9-13,26-27,29H,5-8H2,1-2H3. The first-order valence-corrected chi connectivity index (χ1v) is 10.1. The summed E-state index contributed by atoms with van der Waals surface area (Å²) in [5.41, 5.74) is 0.924. The zero-order chi connectivity index (χ0) is 22.3. The predicted molar refractivity (Wildman–Crippen MR) is 114 cm³/mol. The van der Waals surface area contributed by atoms with Crippen molar-refractivity contribution in [2.24, 2.45) is 0 Å². The minimum Gasteiger partial charge on any atom is -0.504 e. The lowest BCUT2D eigenvalue weighted by molar-refractivity contribution is 0.0595. The molecule has 8 heteroatoms. The summed E-state index contributed by atoms with van der Waals surface area (Å²) in [6, 6.07) is 9.09. The van der Waals surface area contributed by atoms with Crippen LogP contribution in [0.15, 0.2) is 40.8 Å². The van der Waals surface area contributed by atoms with Crippen molar-refractivity contribution in [2.75, 3.05) is 26.2 Å². The first-order valence-electron chi connectivity index (χ1n) is 10.1. The number of furan rings is 1. The van der Waals surface area contributed by atoms with Gasteiger partial charge in [-0.1, -0.05) is 0 Å². The van der Waals surface area contributed by atoms with Crippen LogP contribution in [0.5, 0.6) is 17.2 Å². The van der Waals surface area contributed by atoms with Gasteiger partial charge in [-0.25, -0.2) is 0 Å². The van der Waals surface area contributed by atoms with Gasteiger partial charge >= 0.3 is 0 Å². The summed E-state index contributed by atoms with van der Waals surface area (Å²) >= 11 is 0. The largest absolute Gasteiger partial charge is 0.504 e. The molecule has 2 aromatic carbocycles. The maximum absolute atomic E-state index is 12.9. The Labute approximate surface area is 178 Å². The number of aromatic hydroxyl groups is 3. The van der Waals surface area contributed by atoms with Crippen molar-refractivity contribution in [3.8, 4) is 17.2 Å². The Morgan fingerprint density at radius 2 is 1.55 bits per heavy atom. The highest BCUT2D eigenvalue weighted by molar-refractivity contribution is 6.10. The van der Waals surface area contributed by atoms with E-state index in [2.05, 4.69) is 18.7 Å². The van der Waals surface area contributed by atoms with Gasteiger partial charge in [0.1, 0.15) is 5.58 Å². The Morgan fingerprint density at radius 1 is 0.903 bits per heavy atom. The molecule has 0 saturated carbocycles. The number of benzene rings is 2. The van der Waals surface area contributed by atoms with E-state index >= 15 is 0 Å². The number of phenols is 3. The fourth-order valence-electron chi connectivity index (χ4n) is 3.79. The lowest BCUT2D eigenvalue weighted by Crippen LogP contribution is -2.50. The summed E-state index contributed by atoms with van der Waals surface area (Å²) in [5, 5.41) is 29.3. The summed E-state index contributed by atoms with van der Waals surface area (Å²) in [4.78, 5) is 29.8. The van der Waals surface area contributed by atoms with Crippen LogP contribution in [-0.2, 0) is 0 Å². The molecule has 1 fully saturated rings. The zero-order valence-corrected chi connectivity index (χ0v) is 17.3. The molecule has 0 bridgehead atoms. The Bertz CT molecular complexity index is 1140. The molecule has 31 heavy (non-hydrogen) atoms. The second kappa shape index (κ2) is 7.96. The quantitative estimate of drug-likeness (QED) is 0.436. The van der Waals surface area contributed by atoms with Crippen molar-refractivity contribution < 1.29 is 29.3 Å². The van der Waals surface area contributed by atoms with E-state index in [-0.39, 0.29) is 17.2 Å². The first kappa shape index (κ1) is 20.7. The fraction of sp³-hybridized carbons (Fsp3) is 0.304. The first-order chi connectivity index (χ1) is 14.7. The van der Waals surface area contributed by atoms with Crippen LogP contribution in [0.1, 0.15) is 40.3 Å². The number of carbonyl (C=O) groups excluding carboxylic acids is 2. The van der Waals surface area contributed by atoms with Crippen molar-refractivity contribution in [1.82, 2.24) is 9.80 Å². The van der Waals surface area contributed by atoms with E-state index in [1.54, 1.807) is 18.2 Å². The van der Waals surface area contributed by atoms with Gasteiger partial charge in [-0.15, -0.1) is 0 Å². The molecule has 8 nitrogen and oxygen atoms in total. The minimum absolute atomic E-state index is 0.00497. The van der Waals surface area contributed by atoms with Crippen molar-refractivity contribution in [2.45, 2.75) is 19.9 Å². The van der Waals surface area contributed by atoms with Gasteiger partial charge in [-0.05, 0) is 50.2 Å². The zero-order valence-electron chi connectivity index (χ0n) is 17.3. The molecule has 1 aromatic heterocycles. The molecule has 0 spiro atoms. The van der Waals surface area contributed by atoms with Crippen LogP contribution >= 0.6 is 0 Å². The van der Waals surface area contributed by atoms with Gasteiger partial charge in [-0.3, -0.25) is 14.5 Å². The number of carbonyl (C=O) groups is 2. The van der Waals surface area contributed by atoms with Crippen LogP contribution in [0.3, 0.4) is 0 Å². The number of nitrogens with zero attached hydrogens (tertiary/aromatic N) is 2. The van der Waals surface area contributed by atoms with E-state index in [1.807, 2.05) is 4.90 Å². The lowest BCUT2D eigenvalue weighted by Gasteiger charge is -2.36. The number of phenolic OH excluding ortho intramolecular Hbond substituents is 3. The molecule has 0 atom stereocenters. The topological polar surface area (TPSA) is 114 Å². The SMILES string of the molecule is CC(C)N1CCN(C(=O)c2ccc3oc(C(=O)c4cc(O)c(O)c(O)c4)cc3c2)CC1. The van der Waals surface area contributed by atoms with E-state index in [1.165, 1.54) is 6.07 Å². The van der Waals surface area contributed by atoms with Gasteiger partial charge < -0.3 is 24.6 Å². The van der Waals surface area contributed by atoms with Crippen LogP contribution in [-0.4, -0.2) is 69.0 Å². The molecule has 162 valence electrons. The number of hydrogen-bond acceptors (Lipinski definition) is 7. The van der Waals surface area contributed by atoms with E-state index < -0.39 is 23.0 Å². The number of piperazine rings is 1. The Hall–Kier alpha value is -3.52.